The standard InChI is InChI=1S/C14H20N2O/c15-13-3-4-14-12(8-13)7-11(10-17-14)9-16-5-1-2-6-16/h3-4,8,11H,1-2,5-7,9-10,15H2. The van der Waals surface area contributed by atoms with E-state index in [0.717, 1.165) is 24.5 Å². The van der Waals surface area contributed by atoms with Gasteiger partial charge in [0, 0.05) is 18.2 Å². The predicted molar refractivity (Wildman–Crippen MR) is 69.2 cm³/mol. The minimum atomic E-state index is 0.627. The second-order valence-corrected chi connectivity index (χ2v) is 5.26. The molecular formula is C14H20N2O. The molecule has 0 bridgehead atoms. The summed E-state index contributed by atoms with van der Waals surface area (Å²) < 4.78 is 5.82. The molecule has 0 spiro atoms. The highest BCUT2D eigenvalue weighted by Gasteiger charge is 2.23. The van der Waals surface area contributed by atoms with Gasteiger partial charge in [0.15, 0.2) is 0 Å². The molecule has 0 aliphatic carbocycles. The van der Waals surface area contributed by atoms with Crippen molar-refractivity contribution in [2.24, 2.45) is 5.92 Å². The van der Waals surface area contributed by atoms with Gasteiger partial charge < -0.3 is 15.4 Å². The zero-order chi connectivity index (χ0) is 11.7. The minimum absolute atomic E-state index is 0.627. The molecule has 1 atom stereocenters. The summed E-state index contributed by atoms with van der Waals surface area (Å²) in [7, 11) is 0. The molecule has 2 aliphatic heterocycles. The molecule has 92 valence electrons. The second kappa shape index (κ2) is 4.57. The fourth-order valence-electron chi connectivity index (χ4n) is 2.92. The van der Waals surface area contributed by atoms with Crippen molar-refractivity contribution in [3.8, 4) is 5.75 Å². The van der Waals surface area contributed by atoms with Gasteiger partial charge in [0.2, 0.25) is 0 Å². The van der Waals surface area contributed by atoms with Gasteiger partial charge in [0.1, 0.15) is 5.75 Å². The van der Waals surface area contributed by atoms with Gasteiger partial charge in [-0.1, -0.05) is 0 Å². The molecule has 3 rings (SSSR count). The average molecular weight is 232 g/mol. The zero-order valence-electron chi connectivity index (χ0n) is 10.2. The molecule has 2 aliphatic rings. The second-order valence-electron chi connectivity index (χ2n) is 5.26. The lowest BCUT2D eigenvalue weighted by Gasteiger charge is -2.28. The van der Waals surface area contributed by atoms with E-state index in [4.69, 9.17) is 10.5 Å². The number of anilines is 1. The molecule has 3 nitrogen and oxygen atoms in total. The van der Waals surface area contributed by atoms with Crippen molar-refractivity contribution in [3.05, 3.63) is 23.8 Å². The van der Waals surface area contributed by atoms with Gasteiger partial charge in [-0.3, -0.25) is 0 Å². The fourth-order valence-corrected chi connectivity index (χ4v) is 2.92. The maximum atomic E-state index is 5.82. The van der Waals surface area contributed by atoms with Crippen LogP contribution in [0, 0.1) is 5.92 Å². The van der Waals surface area contributed by atoms with Gasteiger partial charge in [-0.15, -0.1) is 0 Å². The van der Waals surface area contributed by atoms with Crippen molar-refractivity contribution in [2.75, 3.05) is 32.0 Å². The fraction of sp³-hybridized carbons (Fsp3) is 0.571. The van der Waals surface area contributed by atoms with Crippen molar-refractivity contribution >= 4 is 5.69 Å². The molecular weight excluding hydrogens is 212 g/mol. The summed E-state index contributed by atoms with van der Waals surface area (Å²) in [6, 6.07) is 5.97. The number of likely N-dealkylation sites (tertiary alicyclic amines) is 1. The van der Waals surface area contributed by atoms with Crippen molar-refractivity contribution in [3.63, 3.8) is 0 Å². The maximum Gasteiger partial charge on any atom is 0.122 e. The molecule has 1 aromatic carbocycles. The van der Waals surface area contributed by atoms with Crippen molar-refractivity contribution in [1.82, 2.24) is 4.90 Å². The SMILES string of the molecule is Nc1ccc2c(c1)CC(CN1CCCC1)CO2. The largest absolute Gasteiger partial charge is 0.493 e. The lowest BCUT2D eigenvalue weighted by molar-refractivity contribution is 0.175. The summed E-state index contributed by atoms with van der Waals surface area (Å²) in [6.45, 7) is 4.56. The number of rotatable bonds is 2. The van der Waals surface area contributed by atoms with E-state index in [9.17, 15) is 0 Å². The van der Waals surface area contributed by atoms with Crippen molar-refractivity contribution in [2.45, 2.75) is 19.3 Å². The van der Waals surface area contributed by atoms with Crippen LogP contribution in [0.3, 0.4) is 0 Å². The maximum absolute atomic E-state index is 5.82. The molecule has 0 amide bonds. The summed E-state index contributed by atoms with van der Waals surface area (Å²) in [5.41, 5.74) is 7.94. The number of hydrogen-bond donors (Lipinski definition) is 1. The highest BCUT2D eigenvalue weighted by atomic mass is 16.5. The molecule has 2 heterocycles. The summed E-state index contributed by atoms with van der Waals surface area (Å²) in [5.74, 6) is 1.65. The molecule has 1 aromatic rings. The quantitative estimate of drug-likeness (QED) is 0.792. The number of fused-ring (bicyclic) bond motifs is 1. The van der Waals surface area contributed by atoms with Crippen LogP contribution in [-0.4, -0.2) is 31.1 Å². The van der Waals surface area contributed by atoms with E-state index in [1.54, 1.807) is 0 Å². The van der Waals surface area contributed by atoms with Crippen LogP contribution in [0.1, 0.15) is 18.4 Å². The Morgan fingerprint density at radius 1 is 1.29 bits per heavy atom. The van der Waals surface area contributed by atoms with Crippen LogP contribution in [0.5, 0.6) is 5.75 Å². The summed E-state index contributed by atoms with van der Waals surface area (Å²) >= 11 is 0. The first kappa shape index (κ1) is 10.9. The molecule has 0 aromatic heterocycles. The molecule has 3 heteroatoms. The van der Waals surface area contributed by atoms with Crippen LogP contribution in [0.4, 0.5) is 5.69 Å². The Morgan fingerprint density at radius 3 is 2.94 bits per heavy atom. The number of nitrogens with zero attached hydrogens (tertiary/aromatic N) is 1. The molecule has 0 radical (unpaired) electrons. The normalized spacial score (nSPS) is 24.4. The molecule has 1 fully saturated rings. The van der Waals surface area contributed by atoms with Crippen LogP contribution in [0.25, 0.3) is 0 Å². The van der Waals surface area contributed by atoms with E-state index < -0.39 is 0 Å². The van der Waals surface area contributed by atoms with E-state index in [2.05, 4.69) is 11.0 Å². The number of nitrogen functional groups attached to an aromatic ring is 1. The molecule has 2 N–H and O–H groups in total. The summed E-state index contributed by atoms with van der Waals surface area (Å²) in [4.78, 5) is 2.56. The van der Waals surface area contributed by atoms with Gasteiger partial charge in [0.25, 0.3) is 0 Å². The smallest absolute Gasteiger partial charge is 0.122 e. The topological polar surface area (TPSA) is 38.5 Å². The minimum Gasteiger partial charge on any atom is -0.493 e. The van der Waals surface area contributed by atoms with Gasteiger partial charge in [0.05, 0.1) is 6.61 Å². The Hall–Kier alpha value is -1.22. The van der Waals surface area contributed by atoms with E-state index in [1.807, 2.05) is 12.1 Å². The van der Waals surface area contributed by atoms with Gasteiger partial charge in [-0.05, 0) is 56.1 Å². The Labute approximate surface area is 103 Å². The van der Waals surface area contributed by atoms with Gasteiger partial charge in [-0.2, -0.15) is 0 Å². The molecule has 0 saturated carbocycles. The van der Waals surface area contributed by atoms with Crippen molar-refractivity contribution in [1.29, 1.82) is 0 Å². The third kappa shape index (κ3) is 2.39. The van der Waals surface area contributed by atoms with E-state index >= 15 is 0 Å². The Bertz CT molecular complexity index is 399. The number of ether oxygens (including phenoxy) is 1. The predicted octanol–water partition coefficient (Wildman–Crippen LogP) is 1.92. The highest BCUT2D eigenvalue weighted by Crippen LogP contribution is 2.29. The zero-order valence-corrected chi connectivity index (χ0v) is 10.2. The first-order chi connectivity index (χ1) is 8.31. The Morgan fingerprint density at radius 2 is 2.12 bits per heavy atom. The Balaban J connectivity index is 1.67. The third-order valence-corrected chi connectivity index (χ3v) is 3.78. The molecule has 1 saturated heterocycles. The molecule has 1 unspecified atom stereocenters. The van der Waals surface area contributed by atoms with Crippen molar-refractivity contribution < 1.29 is 4.74 Å². The lowest BCUT2D eigenvalue weighted by Crippen LogP contribution is -2.33. The van der Waals surface area contributed by atoms with E-state index in [-0.39, 0.29) is 0 Å². The lowest BCUT2D eigenvalue weighted by atomic mass is 9.96. The number of nitrogens with two attached hydrogens (primary N) is 1. The molecule has 17 heavy (non-hydrogen) atoms. The monoisotopic (exact) mass is 232 g/mol. The van der Waals surface area contributed by atoms with Crippen LogP contribution in [0.2, 0.25) is 0 Å². The first-order valence-electron chi connectivity index (χ1n) is 6.55. The van der Waals surface area contributed by atoms with Crippen LogP contribution in [-0.2, 0) is 6.42 Å². The summed E-state index contributed by atoms with van der Waals surface area (Å²) in [5, 5.41) is 0. The van der Waals surface area contributed by atoms with Crippen LogP contribution < -0.4 is 10.5 Å². The number of hydrogen-bond acceptors (Lipinski definition) is 3. The van der Waals surface area contributed by atoms with Gasteiger partial charge in [-0.25, -0.2) is 0 Å². The summed E-state index contributed by atoms with van der Waals surface area (Å²) in [6.07, 6.45) is 3.82. The first-order valence-corrected chi connectivity index (χ1v) is 6.55. The highest BCUT2D eigenvalue weighted by molar-refractivity contribution is 5.48. The van der Waals surface area contributed by atoms with E-state index in [1.165, 1.54) is 38.0 Å². The number of benzene rings is 1. The van der Waals surface area contributed by atoms with Crippen LogP contribution >= 0.6 is 0 Å². The van der Waals surface area contributed by atoms with Gasteiger partial charge >= 0.3 is 0 Å². The van der Waals surface area contributed by atoms with Crippen LogP contribution in [0.15, 0.2) is 18.2 Å². The third-order valence-electron chi connectivity index (χ3n) is 3.78. The average Bonchev–Trinajstić information content (AvgIpc) is 2.81. The Kier molecular flexibility index (Phi) is 2.93. The van der Waals surface area contributed by atoms with E-state index in [0.29, 0.717) is 5.92 Å².